The van der Waals surface area contributed by atoms with Crippen molar-refractivity contribution in [3.63, 3.8) is 0 Å². The second-order valence-corrected chi connectivity index (χ2v) is 4.10. The SMILES string of the molecule is CCC(CC)n1cc(N)c(-c2ccccn2)n1. The Morgan fingerprint density at radius 3 is 2.65 bits per heavy atom. The molecule has 90 valence electrons. The molecule has 0 aliphatic heterocycles. The largest absolute Gasteiger partial charge is 0.396 e. The topological polar surface area (TPSA) is 56.7 Å². The van der Waals surface area contributed by atoms with Crippen LogP contribution in [0.3, 0.4) is 0 Å². The average Bonchev–Trinajstić information content (AvgIpc) is 2.74. The molecule has 2 heterocycles. The van der Waals surface area contributed by atoms with Crippen LogP contribution in [0.2, 0.25) is 0 Å². The smallest absolute Gasteiger partial charge is 0.134 e. The summed E-state index contributed by atoms with van der Waals surface area (Å²) in [6.07, 6.45) is 5.77. The van der Waals surface area contributed by atoms with Crippen molar-refractivity contribution < 1.29 is 0 Å². The summed E-state index contributed by atoms with van der Waals surface area (Å²) < 4.78 is 1.96. The Morgan fingerprint density at radius 1 is 1.29 bits per heavy atom. The molecule has 0 amide bonds. The number of nitrogen functional groups attached to an aromatic ring is 1. The number of anilines is 1. The van der Waals surface area contributed by atoms with Crippen LogP contribution in [0.4, 0.5) is 5.69 Å². The summed E-state index contributed by atoms with van der Waals surface area (Å²) in [7, 11) is 0. The normalized spacial score (nSPS) is 11.0. The zero-order chi connectivity index (χ0) is 12.3. The van der Waals surface area contributed by atoms with Crippen LogP contribution in [0.5, 0.6) is 0 Å². The molecule has 2 N–H and O–H groups in total. The van der Waals surface area contributed by atoms with Gasteiger partial charge < -0.3 is 5.73 Å². The van der Waals surface area contributed by atoms with Crippen LogP contribution in [0, 0.1) is 0 Å². The highest BCUT2D eigenvalue weighted by Gasteiger charge is 2.13. The minimum atomic E-state index is 0.412. The highest BCUT2D eigenvalue weighted by Crippen LogP contribution is 2.25. The van der Waals surface area contributed by atoms with E-state index in [-0.39, 0.29) is 0 Å². The number of rotatable bonds is 4. The molecule has 4 heteroatoms. The lowest BCUT2D eigenvalue weighted by atomic mass is 10.2. The molecule has 2 aromatic heterocycles. The fraction of sp³-hybridized carbons (Fsp3) is 0.385. The van der Waals surface area contributed by atoms with E-state index in [9.17, 15) is 0 Å². The van der Waals surface area contributed by atoms with Gasteiger partial charge in [-0.05, 0) is 25.0 Å². The molecule has 2 rings (SSSR count). The summed E-state index contributed by atoms with van der Waals surface area (Å²) in [5.41, 5.74) is 8.29. The Bertz CT molecular complexity index is 471. The maximum Gasteiger partial charge on any atom is 0.134 e. The average molecular weight is 230 g/mol. The van der Waals surface area contributed by atoms with E-state index in [2.05, 4.69) is 23.9 Å². The monoisotopic (exact) mass is 230 g/mol. The van der Waals surface area contributed by atoms with Crippen LogP contribution in [-0.2, 0) is 0 Å². The maximum atomic E-state index is 6.00. The van der Waals surface area contributed by atoms with Gasteiger partial charge in [0.25, 0.3) is 0 Å². The number of pyridine rings is 1. The molecular formula is C13H18N4. The van der Waals surface area contributed by atoms with E-state index in [0.29, 0.717) is 11.7 Å². The third-order valence-corrected chi connectivity index (χ3v) is 2.98. The highest BCUT2D eigenvalue weighted by molar-refractivity contribution is 5.68. The third kappa shape index (κ3) is 2.30. The summed E-state index contributed by atoms with van der Waals surface area (Å²) in [6.45, 7) is 4.32. The van der Waals surface area contributed by atoms with Crippen LogP contribution in [-0.4, -0.2) is 14.8 Å². The van der Waals surface area contributed by atoms with Crippen molar-refractivity contribution in [2.45, 2.75) is 32.7 Å². The summed E-state index contributed by atoms with van der Waals surface area (Å²) in [5, 5.41) is 4.55. The molecule has 4 nitrogen and oxygen atoms in total. The summed E-state index contributed by atoms with van der Waals surface area (Å²) >= 11 is 0. The van der Waals surface area contributed by atoms with E-state index < -0.39 is 0 Å². The standard InChI is InChI=1S/C13H18N4/c1-3-10(4-2)17-9-11(14)13(16-17)12-7-5-6-8-15-12/h5-10H,3-4,14H2,1-2H3. The van der Waals surface area contributed by atoms with Crippen LogP contribution in [0.1, 0.15) is 32.7 Å². The van der Waals surface area contributed by atoms with Crippen molar-refractivity contribution in [1.82, 2.24) is 14.8 Å². The predicted molar refractivity (Wildman–Crippen MR) is 69.5 cm³/mol. The van der Waals surface area contributed by atoms with Gasteiger partial charge in [-0.3, -0.25) is 9.67 Å². The molecule has 0 bridgehead atoms. The summed E-state index contributed by atoms with van der Waals surface area (Å²) in [6, 6.07) is 6.17. The van der Waals surface area contributed by atoms with Crippen molar-refractivity contribution in [2.75, 3.05) is 5.73 Å². The number of hydrogen-bond acceptors (Lipinski definition) is 3. The van der Waals surface area contributed by atoms with Crippen molar-refractivity contribution in [3.05, 3.63) is 30.6 Å². The molecule has 0 radical (unpaired) electrons. The molecule has 0 spiro atoms. The third-order valence-electron chi connectivity index (χ3n) is 2.98. The number of nitrogens with two attached hydrogens (primary N) is 1. The van der Waals surface area contributed by atoms with Crippen LogP contribution >= 0.6 is 0 Å². The maximum absolute atomic E-state index is 6.00. The van der Waals surface area contributed by atoms with Gasteiger partial charge in [0, 0.05) is 12.4 Å². The van der Waals surface area contributed by atoms with Crippen molar-refractivity contribution in [3.8, 4) is 11.4 Å². The Hall–Kier alpha value is -1.84. The quantitative estimate of drug-likeness (QED) is 0.878. The molecule has 0 aliphatic rings. The first-order valence-electron chi connectivity index (χ1n) is 6.02. The zero-order valence-electron chi connectivity index (χ0n) is 10.3. The first-order valence-corrected chi connectivity index (χ1v) is 6.02. The van der Waals surface area contributed by atoms with Crippen LogP contribution in [0.15, 0.2) is 30.6 Å². The molecule has 0 aromatic carbocycles. The number of nitrogens with zero attached hydrogens (tertiary/aromatic N) is 3. The second kappa shape index (κ2) is 4.99. The van der Waals surface area contributed by atoms with E-state index in [1.54, 1.807) is 6.20 Å². The minimum absolute atomic E-state index is 0.412. The van der Waals surface area contributed by atoms with Gasteiger partial charge in [0.2, 0.25) is 0 Å². The zero-order valence-corrected chi connectivity index (χ0v) is 10.3. The van der Waals surface area contributed by atoms with Gasteiger partial charge in [0.1, 0.15) is 5.69 Å². The molecule has 0 aliphatic carbocycles. The van der Waals surface area contributed by atoms with Gasteiger partial charge in [0.15, 0.2) is 0 Å². The van der Waals surface area contributed by atoms with Gasteiger partial charge in [0.05, 0.1) is 17.4 Å². The highest BCUT2D eigenvalue weighted by atomic mass is 15.3. The lowest BCUT2D eigenvalue weighted by molar-refractivity contribution is 0.429. The van der Waals surface area contributed by atoms with Crippen molar-refractivity contribution >= 4 is 5.69 Å². The molecule has 17 heavy (non-hydrogen) atoms. The lowest BCUT2D eigenvalue weighted by Crippen LogP contribution is -2.07. The fourth-order valence-corrected chi connectivity index (χ4v) is 1.96. The fourth-order valence-electron chi connectivity index (χ4n) is 1.96. The van der Waals surface area contributed by atoms with E-state index in [1.807, 2.05) is 29.1 Å². The number of hydrogen-bond donors (Lipinski definition) is 1. The van der Waals surface area contributed by atoms with Crippen LogP contribution in [0.25, 0.3) is 11.4 Å². The summed E-state index contributed by atoms with van der Waals surface area (Å²) in [5.74, 6) is 0. The van der Waals surface area contributed by atoms with Gasteiger partial charge >= 0.3 is 0 Å². The van der Waals surface area contributed by atoms with E-state index in [4.69, 9.17) is 5.73 Å². The molecule has 0 atom stereocenters. The molecular weight excluding hydrogens is 212 g/mol. The first kappa shape index (κ1) is 11.6. The number of aromatic nitrogens is 3. The second-order valence-electron chi connectivity index (χ2n) is 4.10. The van der Waals surface area contributed by atoms with Gasteiger partial charge in [-0.1, -0.05) is 19.9 Å². The van der Waals surface area contributed by atoms with Crippen molar-refractivity contribution in [1.29, 1.82) is 0 Å². The molecule has 0 saturated heterocycles. The predicted octanol–water partition coefficient (Wildman–Crippen LogP) is 2.89. The Kier molecular flexibility index (Phi) is 3.42. The molecule has 0 fully saturated rings. The Balaban J connectivity index is 2.37. The Labute approximate surface area is 101 Å². The molecule has 0 unspecified atom stereocenters. The van der Waals surface area contributed by atoms with E-state index in [1.165, 1.54) is 0 Å². The summed E-state index contributed by atoms with van der Waals surface area (Å²) in [4.78, 5) is 4.28. The Morgan fingerprint density at radius 2 is 2.06 bits per heavy atom. The molecule has 0 saturated carbocycles. The van der Waals surface area contributed by atoms with E-state index >= 15 is 0 Å². The van der Waals surface area contributed by atoms with Gasteiger partial charge in [-0.2, -0.15) is 5.10 Å². The van der Waals surface area contributed by atoms with E-state index in [0.717, 1.165) is 24.2 Å². The lowest BCUT2D eigenvalue weighted by Gasteiger charge is -2.12. The van der Waals surface area contributed by atoms with Crippen LogP contribution < -0.4 is 5.73 Å². The van der Waals surface area contributed by atoms with Crippen molar-refractivity contribution in [2.24, 2.45) is 0 Å². The first-order chi connectivity index (χ1) is 8.26. The van der Waals surface area contributed by atoms with Gasteiger partial charge in [-0.25, -0.2) is 0 Å². The minimum Gasteiger partial charge on any atom is -0.396 e. The molecule has 2 aromatic rings. The van der Waals surface area contributed by atoms with Gasteiger partial charge in [-0.15, -0.1) is 0 Å².